The van der Waals surface area contributed by atoms with E-state index < -0.39 is 0 Å². The molecular formula is C25H24N4O2S. The number of para-hydroxylation sites is 1. The molecule has 0 bridgehead atoms. The lowest BCUT2D eigenvalue weighted by molar-refractivity contribution is -0.113. The van der Waals surface area contributed by atoms with Gasteiger partial charge in [-0.3, -0.25) is 4.79 Å². The largest absolute Gasteiger partial charge is 0.497 e. The molecule has 6 nitrogen and oxygen atoms in total. The second kappa shape index (κ2) is 10.6. The third-order valence-corrected chi connectivity index (χ3v) is 5.89. The fraction of sp³-hybridized carbons (Fsp3) is 0.160. The van der Waals surface area contributed by atoms with Crippen LogP contribution in [0.5, 0.6) is 5.75 Å². The van der Waals surface area contributed by atoms with Gasteiger partial charge in [0.05, 0.1) is 12.9 Å². The van der Waals surface area contributed by atoms with Crippen LogP contribution in [0.2, 0.25) is 0 Å². The van der Waals surface area contributed by atoms with E-state index in [0.29, 0.717) is 6.54 Å². The van der Waals surface area contributed by atoms with Crippen LogP contribution in [0, 0.1) is 0 Å². The first kappa shape index (κ1) is 21.6. The average Bonchev–Trinajstić information content (AvgIpc) is 3.25. The predicted molar refractivity (Wildman–Crippen MR) is 128 cm³/mol. The molecule has 1 aromatic heterocycles. The summed E-state index contributed by atoms with van der Waals surface area (Å²) in [4.78, 5) is 12.4. The van der Waals surface area contributed by atoms with E-state index in [-0.39, 0.29) is 11.7 Å². The maximum atomic E-state index is 12.4. The second-order valence-corrected chi connectivity index (χ2v) is 8.07. The standard InChI is InChI=1S/C25H24N4O2S/c1-31-22-14-12-20(13-15-22)24-27-28-25(29(24)17-16-19-8-4-2-5-9-19)32-18-23(30)26-21-10-6-3-7-11-21/h2-15H,16-18H2,1H3,(H,26,30). The van der Waals surface area contributed by atoms with Crippen LogP contribution in [-0.4, -0.2) is 33.5 Å². The van der Waals surface area contributed by atoms with Gasteiger partial charge in [-0.25, -0.2) is 0 Å². The Morgan fingerprint density at radius 1 is 0.938 bits per heavy atom. The van der Waals surface area contributed by atoms with E-state index >= 15 is 0 Å². The molecule has 4 rings (SSSR count). The summed E-state index contributed by atoms with van der Waals surface area (Å²) in [6, 6.07) is 27.5. The molecule has 0 saturated carbocycles. The van der Waals surface area contributed by atoms with Gasteiger partial charge in [0.1, 0.15) is 5.75 Å². The molecule has 1 N–H and O–H groups in total. The second-order valence-electron chi connectivity index (χ2n) is 7.12. The summed E-state index contributed by atoms with van der Waals surface area (Å²) in [7, 11) is 1.65. The number of ether oxygens (including phenoxy) is 1. The summed E-state index contributed by atoms with van der Waals surface area (Å²) in [5, 5.41) is 12.5. The number of hydrogen-bond donors (Lipinski definition) is 1. The lowest BCUT2D eigenvalue weighted by Crippen LogP contribution is -2.14. The van der Waals surface area contributed by atoms with Gasteiger partial charge in [-0.05, 0) is 48.4 Å². The molecule has 0 unspecified atom stereocenters. The van der Waals surface area contributed by atoms with Crippen LogP contribution < -0.4 is 10.1 Å². The Morgan fingerprint density at radius 3 is 2.31 bits per heavy atom. The average molecular weight is 445 g/mol. The lowest BCUT2D eigenvalue weighted by atomic mass is 10.1. The highest BCUT2D eigenvalue weighted by atomic mass is 32.2. The summed E-state index contributed by atoms with van der Waals surface area (Å²) in [5.74, 6) is 1.73. The van der Waals surface area contributed by atoms with Crippen molar-refractivity contribution >= 4 is 23.4 Å². The van der Waals surface area contributed by atoms with Gasteiger partial charge in [0, 0.05) is 17.8 Å². The first-order chi connectivity index (χ1) is 15.7. The number of anilines is 1. The van der Waals surface area contributed by atoms with E-state index in [0.717, 1.165) is 34.4 Å². The zero-order chi connectivity index (χ0) is 22.2. The van der Waals surface area contributed by atoms with Crippen LogP contribution in [0.25, 0.3) is 11.4 Å². The third-order valence-electron chi connectivity index (χ3n) is 4.92. The van der Waals surface area contributed by atoms with Crippen molar-refractivity contribution in [3.8, 4) is 17.1 Å². The van der Waals surface area contributed by atoms with Crippen LogP contribution in [0.1, 0.15) is 5.56 Å². The number of aromatic nitrogens is 3. The monoisotopic (exact) mass is 444 g/mol. The number of aryl methyl sites for hydroxylation is 1. The van der Waals surface area contributed by atoms with Gasteiger partial charge in [-0.2, -0.15) is 0 Å². The Morgan fingerprint density at radius 2 is 1.62 bits per heavy atom. The highest BCUT2D eigenvalue weighted by Crippen LogP contribution is 2.26. The molecule has 7 heteroatoms. The molecule has 0 saturated heterocycles. The number of nitrogens with one attached hydrogen (secondary N) is 1. The number of carbonyl (C=O) groups is 1. The summed E-state index contributed by atoms with van der Waals surface area (Å²) in [6.07, 6.45) is 0.839. The van der Waals surface area contributed by atoms with E-state index in [1.165, 1.54) is 17.3 Å². The maximum Gasteiger partial charge on any atom is 0.234 e. The maximum absolute atomic E-state index is 12.4. The quantitative estimate of drug-likeness (QED) is 0.371. The Bertz CT molecular complexity index is 1150. The minimum atomic E-state index is -0.0789. The van der Waals surface area contributed by atoms with Crippen LogP contribution in [0.3, 0.4) is 0 Å². The van der Waals surface area contributed by atoms with Gasteiger partial charge in [-0.15, -0.1) is 10.2 Å². The highest BCUT2D eigenvalue weighted by Gasteiger charge is 2.16. The number of methoxy groups -OCH3 is 1. The van der Waals surface area contributed by atoms with Crippen molar-refractivity contribution in [2.45, 2.75) is 18.1 Å². The molecule has 3 aromatic carbocycles. The van der Waals surface area contributed by atoms with Crippen molar-refractivity contribution in [2.75, 3.05) is 18.2 Å². The van der Waals surface area contributed by atoms with Gasteiger partial charge >= 0.3 is 0 Å². The number of benzene rings is 3. The van der Waals surface area contributed by atoms with Crippen molar-refractivity contribution in [1.29, 1.82) is 0 Å². The van der Waals surface area contributed by atoms with E-state index in [1.54, 1.807) is 7.11 Å². The number of nitrogens with zero attached hydrogens (tertiary/aromatic N) is 3. The molecule has 0 aliphatic heterocycles. The highest BCUT2D eigenvalue weighted by molar-refractivity contribution is 7.99. The topological polar surface area (TPSA) is 69.0 Å². The SMILES string of the molecule is COc1ccc(-c2nnc(SCC(=O)Nc3ccccc3)n2CCc2ccccc2)cc1. The molecular weight excluding hydrogens is 420 g/mol. The van der Waals surface area contributed by atoms with Gasteiger partial charge in [-0.1, -0.05) is 60.3 Å². The van der Waals surface area contributed by atoms with Crippen LogP contribution in [-0.2, 0) is 17.8 Å². The van der Waals surface area contributed by atoms with Crippen LogP contribution in [0.15, 0.2) is 90.1 Å². The molecule has 0 aliphatic carbocycles. The molecule has 1 amide bonds. The molecule has 0 fully saturated rings. The van der Waals surface area contributed by atoms with E-state index in [2.05, 4.69) is 32.2 Å². The van der Waals surface area contributed by atoms with E-state index in [1.807, 2.05) is 72.8 Å². The number of amides is 1. The van der Waals surface area contributed by atoms with Gasteiger partial charge in [0.2, 0.25) is 5.91 Å². The van der Waals surface area contributed by atoms with Gasteiger partial charge in [0.15, 0.2) is 11.0 Å². The molecule has 0 spiro atoms. The Balaban J connectivity index is 1.52. The number of thioether (sulfide) groups is 1. The summed E-state index contributed by atoms with van der Waals surface area (Å²) >= 11 is 1.39. The van der Waals surface area contributed by atoms with Crippen molar-refractivity contribution < 1.29 is 9.53 Å². The zero-order valence-corrected chi connectivity index (χ0v) is 18.6. The van der Waals surface area contributed by atoms with Gasteiger partial charge < -0.3 is 14.6 Å². The Kier molecular flexibility index (Phi) is 7.19. The number of hydrogen-bond acceptors (Lipinski definition) is 5. The number of rotatable bonds is 9. The number of carbonyl (C=O) groups excluding carboxylic acids is 1. The molecule has 0 radical (unpaired) electrons. The minimum Gasteiger partial charge on any atom is -0.497 e. The minimum absolute atomic E-state index is 0.0789. The van der Waals surface area contributed by atoms with Crippen molar-refractivity contribution in [2.24, 2.45) is 0 Å². The molecule has 0 aliphatic rings. The van der Waals surface area contributed by atoms with E-state index in [9.17, 15) is 4.79 Å². The summed E-state index contributed by atoms with van der Waals surface area (Å²) < 4.78 is 7.35. The van der Waals surface area contributed by atoms with Crippen LogP contribution in [0.4, 0.5) is 5.69 Å². The third kappa shape index (κ3) is 5.56. The fourth-order valence-corrected chi connectivity index (χ4v) is 4.05. The van der Waals surface area contributed by atoms with Gasteiger partial charge in [0.25, 0.3) is 0 Å². The fourth-order valence-electron chi connectivity index (χ4n) is 3.28. The Labute approximate surface area is 191 Å². The normalized spacial score (nSPS) is 10.7. The zero-order valence-electron chi connectivity index (χ0n) is 17.8. The molecule has 32 heavy (non-hydrogen) atoms. The molecule has 0 atom stereocenters. The van der Waals surface area contributed by atoms with E-state index in [4.69, 9.17) is 4.74 Å². The van der Waals surface area contributed by atoms with Crippen molar-refractivity contribution in [3.63, 3.8) is 0 Å². The Hall–Kier alpha value is -3.58. The lowest BCUT2D eigenvalue weighted by Gasteiger charge is -2.11. The molecule has 1 heterocycles. The molecule has 4 aromatic rings. The molecule has 162 valence electrons. The van der Waals surface area contributed by atoms with Crippen molar-refractivity contribution in [3.05, 3.63) is 90.5 Å². The smallest absolute Gasteiger partial charge is 0.234 e. The summed E-state index contributed by atoms with van der Waals surface area (Å²) in [6.45, 7) is 0.709. The van der Waals surface area contributed by atoms with Crippen LogP contribution >= 0.6 is 11.8 Å². The first-order valence-corrected chi connectivity index (χ1v) is 11.3. The summed E-state index contributed by atoms with van der Waals surface area (Å²) in [5.41, 5.74) is 2.97. The first-order valence-electron chi connectivity index (χ1n) is 10.3. The predicted octanol–water partition coefficient (Wildman–Crippen LogP) is 4.93. The van der Waals surface area contributed by atoms with Crippen molar-refractivity contribution in [1.82, 2.24) is 14.8 Å².